The minimum Gasteiger partial charge on any atom is -0.344 e. The maximum absolute atomic E-state index is 11.5. The van der Waals surface area contributed by atoms with Crippen molar-refractivity contribution in [2.24, 2.45) is 0 Å². The van der Waals surface area contributed by atoms with Crippen LogP contribution in [-0.2, 0) is 9.59 Å². The van der Waals surface area contributed by atoms with Crippen LogP contribution in [-0.4, -0.2) is 18.4 Å². The summed E-state index contributed by atoms with van der Waals surface area (Å²) in [5.41, 5.74) is 0.956. The molecule has 0 saturated heterocycles. The van der Waals surface area contributed by atoms with Crippen molar-refractivity contribution in [3.05, 3.63) is 48.6 Å². The van der Waals surface area contributed by atoms with Gasteiger partial charge >= 0.3 is 11.8 Å². The molecule has 0 saturated carbocycles. The van der Waals surface area contributed by atoms with E-state index in [4.69, 9.17) is 0 Å². The molecule has 0 aromatic heterocycles. The Bertz CT molecular complexity index is 401. The third-order valence-corrected chi connectivity index (χ3v) is 2.26. The highest BCUT2D eigenvalue weighted by molar-refractivity contribution is 6.35. The number of benzene rings is 1. The molecule has 0 aliphatic heterocycles. The highest BCUT2D eigenvalue weighted by Gasteiger charge is 2.15. The fraction of sp³-hybridized carbons (Fsp3) is 0.231. The predicted octanol–water partition coefficient (Wildman–Crippen LogP) is 1.17. The number of nitrogens with one attached hydrogen (secondary N) is 2. The second-order valence-electron chi connectivity index (χ2n) is 3.60. The molecule has 0 aliphatic carbocycles. The minimum atomic E-state index is -0.646. The van der Waals surface area contributed by atoms with Gasteiger partial charge in [-0.05, 0) is 12.5 Å². The standard InChI is InChI=1S/C13H16N2O2/c1-3-9-14-12(16)13(17)15-10(2)11-7-5-4-6-8-11/h3-8,10H,1,9H2,2H3,(H,14,16)(H,15,17). The Labute approximate surface area is 101 Å². The molecule has 2 N–H and O–H groups in total. The number of carbonyl (C=O) groups is 2. The van der Waals surface area contributed by atoms with Crippen LogP contribution in [0.2, 0.25) is 0 Å². The summed E-state index contributed by atoms with van der Waals surface area (Å²) < 4.78 is 0. The molecule has 0 heterocycles. The van der Waals surface area contributed by atoms with Crippen molar-refractivity contribution in [1.82, 2.24) is 10.6 Å². The van der Waals surface area contributed by atoms with Crippen molar-refractivity contribution in [3.63, 3.8) is 0 Å². The van der Waals surface area contributed by atoms with E-state index in [0.29, 0.717) is 0 Å². The number of carbonyl (C=O) groups excluding carboxylic acids is 2. The Morgan fingerprint density at radius 1 is 1.29 bits per heavy atom. The number of hydrogen-bond acceptors (Lipinski definition) is 2. The second-order valence-corrected chi connectivity index (χ2v) is 3.60. The highest BCUT2D eigenvalue weighted by Crippen LogP contribution is 2.10. The zero-order chi connectivity index (χ0) is 12.7. The van der Waals surface area contributed by atoms with Crippen LogP contribution in [0, 0.1) is 0 Å². The first kappa shape index (κ1) is 13.0. The molecule has 1 aromatic rings. The molecule has 1 unspecified atom stereocenters. The van der Waals surface area contributed by atoms with Gasteiger partial charge in [0, 0.05) is 6.54 Å². The molecule has 4 heteroatoms. The van der Waals surface area contributed by atoms with Crippen LogP contribution in [0.3, 0.4) is 0 Å². The van der Waals surface area contributed by atoms with E-state index in [9.17, 15) is 9.59 Å². The lowest BCUT2D eigenvalue weighted by atomic mass is 10.1. The lowest BCUT2D eigenvalue weighted by molar-refractivity contribution is -0.139. The van der Waals surface area contributed by atoms with E-state index in [1.165, 1.54) is 6.08 Å². The van der Waals surface area contributed by atoms with Crippen LogP contribution in [0.1, 0.15) is 18.5 Å². The summed E-state index contributed by atoms with van der Waals surface area (Å²) in [7, 11) is 0. The van der Waals surface area contributed by atoms with E-state index in [1.807, 2.05) is 37.3 Å². The Hall–Kier alpha value is -2.10. The van der Waals surface area contributed by atoms with Gasteiger partial charge in [0.15, 0.2) is 0 Å². The second kappa shape index (κ2) is 6.48. The van der Waals surface area contributed by atoms with Gasteiger partial charge in [-0.3, -0.25) is 9.59 Å². The third kappa shape index (κ3) is 4.10. The molecule has 4 nitrogen and oxygen atoms in total. The van der Waals surface area contributed by atoms with Crippen LogP contribution in [0.4, 0.5) is 0 Å². The van der Waals surface area contributed by atoms with Gasteiger partial charge in [0.05, 0.1) is 6.04 Å². The topological polar surface area (TPSA) is 58.2 Å². The molecule has 0 aliphatic rings. The molecule has 2 amide bonds. The summed E-state index contributed by atoms with van der Waals surface area (Å²) in [4.78, 5) is 22.8. The first-order valence-corrected chi connectivity index (χ1v) is 5.39. The summed E-state index contributed by atoms with van der Waals surface area (Å²) >= 11 is 0. The molecule has 0 spiro atoms. The van der Waals surface area contributed by atoms with E-state index >= 15 is 0 Å². The van der Waals surface area contributed by atoms with Gasteiger partial charge in [-0.1, -0.05) is 36.4 Å². The molecule has 90 valence electrons. The molecular formula is C13H16N2O2. The van der Waals surface area contributed by atoms with Crippen LogP contribution in [0.15, 0.2) is 43.0 Å². The molecular weight excluding hydrogens is 216 g/mol. The lowest BCUT2D eigenvalue weighted by Gasteiger charge is -2.13. The highest BCUT2D eigenvalue weighted by atomic mass is 16.2. The van der Waals surface area contributed by atoms with Gasteiger partial charge in [-0.2, -0.15) is 0 Å². The zero-order valence-electron chi connectivity index (χ0n) is 9.77. The first-order chi connectivity index (χ1) is 8.15. The lowest BCUT2D eigenvalue weighted by Crippen LogP contribution is -2.40. The van der Waals surface area contributed by atoms with Gasteiger partial charge in [0.2, 0.25) is 0 Å². The summed E-state index contributed by atoms with van der Waals surface area (Å²) in [6.45, 7) is 5.57. The van der Waals surface area contributed by atoms with Crippen LogP contribution in [0.25, 0.3) is 0 Å². The van der Waals surface area contributed by atoms with E-state index in [-0.39, 0.29) is 12.6 Å². The van der Waals surface area contributed by atoms with E-state index in [2.05, 4.69) is 17.2 Å². The molecule has 17 heavy (non-hydrogen) atoms. The average Bonchev–Trinajstić information content (AvgIpc) is 2.36. The smallest absolute Gasteiger partial charge is 0.309 e. The Kier molecular flexibility index (Phi) is 4.94. The Morgan fingerprint density at radius 3 is 2.53 bits per heavy atom. The van der Waals surface area contributed by atoms with E-state index in [1.54, 1.807) is 0 Å². The van der Waals surface area contributed by atoms with Crippen LogP contribution in [0.5, 0.6) is 0 Å². The van der Waals surface area contributed by atoms with Crippen molar-refractivity contribution < 1.29 is 9.59 Å². The SMILES string of the molecule is C=CCNC(=O)C(=O)NC(C)c1ccccc1. The van der Waals surface area contributed by atoms with Crippen molar-refractivity contribution >= 4 is 11.8 Å². The summed E-state index contributed by atoms with van der Waals surface area (Å²) in [6.07, 6.45) is 1.52. The first-order valence-electron chi connectivity index (χ1n) is 5.39. The molecule has 0 fully saturated rings. The maximum atomic E-state index is 11.5. The number of hydrogen-bond donors (Lipinski definition) is 2. The van der Waals surface area contributed by atoms with Gasteiger partial charge in [-0.25, -0.2) is 0 Å². The van der Waals surface area contributed by atoms with Crippen molar-refractivity contribution in [1.29, 1.82) is 0 Å². The van der Waals surface area contributed by atoms with Crippen molar-refractivity contribution in [2.75, 3.05) is 6.54 Å². The zero-order valence-corrected chi connectivity index (χ0v) is 9.77. The monoisotopic (exact) mass is 232 g/mol. The van der Waals surface area contributed by atoms with Crippen LogP contribution >= 0.6 is 0 Å². The van der Waals surface area contributed by atoms with Gasteiger partial charge < -0.3 is 10.6 Å². The normalized spacial score (nSPS) is 11.4. The van der Waals surface area contributed by atoms with E-state index < -0.39 is 11.8 Å². The maximum Gasteiger partial charge on any atom is 0.309 e. The summed E-state index contributed by atoms with van der Waals surface area (Å²) in [5, 5.41) is 5.04. The largest absolute Gasteiger partial charge is 0.344 e. The molecule has 0 radical (unpaired) electrons. The minimum absolute atomic E-state index is 0.196. The Balaban J connectivity index is 2.51. The number of amides is 2. The van der Waals surface area contributed by atoms with Gasteiger partial charge in [-0.15, -0.1) is 6.58 Å². The fourth-order valence-corrected chi connectivity index (χ4v) is 1.33. The Morgan fingerprint density at radius 2 is 1.94 bits per heavy atom. The average molecular weight is 232 g/mol. The van der Waals surface area contributed by atoms with Gasteiger partial charge in [0.1, 0.15) is 0 Å². The number of rotatable bonds is 4. The summed E-state index contributed by atoms with van der Waals surface area (Å²) in [5.74, 6) is -1.28. The molecule has 1 aromatic carbocycles. The van der Waals surface area contributed by atoms with E-state index in [0.717, 1.165) is 5.56 Å². The molecule has 0 bridgehead atoms. The molecule has 1 atom stereocenters. The quantitative estimate of drug-likeness (QED) is 0.604. The van der Waals surface area contributed by atoms with Gasteiger partial charge in [0.25, 0.3) is 0 Å². The predicted molar refractivity (Wildman–Crippen MR) is 66.2 cm³/mol. The molecule has 1 rings (SSSR count). The fourth-order valence-electron chi connectivity index (χ4n) is 1.33. The summed E-state index contributed by atoms with van der Waals surface area (Å²) in [6, 6.07) is 9.26. The van der Waals surface area contributed by atoms with Crippen molar-refractivity contribution in [3.8, 4) is 0 Å². The third-order valence-electron chi connectivity index (χ3n) is 2.26. The van der Waals surface area contributed by atoms with Crippen LogP contribution < -0.4 is 10.6 Å². The van der Waals surface area contributed by atoms with Crippen molar-refractivity contribution in [2.45, 2.75) is 13.0 Å².